The molecule has 206 valence electrons. The van der Waals surface area contributed by atoms with E-state index in [1.165, 1.54) is 0 Å². The maximum atomic E-state index is 15.4. The fourth-order valence-electron chi connectivity index (χ4n) is 5.29. The molecule has 0 bridgehead atoms. The predicted octanol–water partition coefficient (Wildman–Crippen LogP) is 6.02. The summed E-state index contributed by atoms with van der Waals surface area (Å²) in [5.74, 6) is -3.12. The third kappa shape index (κ3) is 6.03. The highest BCUT2D eigenvalue weighted by molar-refractivity contribution is 5.70. The SMILES string of the molecule is CC1c2cccc(N(C)C3CCN(C(=O)OC(C)(C)C)CC3(F)F)c2CCN1C(=O)OCc1ccccc1. The van der Waals surface area contributed by atoms with Gasteiger partial charge in [0.15, 0.2) is 0 Å². The summed E-state index contributed by atoms with van der Waals surface area (Å²) < 4.78 is 41.6. The van der Waals surface area contributed by atoms with Crippen LogP contribution in [0.2, 0.25) is 0 Å². The molecule has 0 N–H and O–H groups in total. The first-order chi connectivity index (χ1) is 17.9. The van der Waals surface area contributed by atoms with Crippen LogP contribution in [0.25, 0.3) is 0 Å². The van der Waals surface area contributed by atoms with Crippen LogP contribution < -0.4 is 4.90 Å². The first-order valence-electron chi connectivity index (χ1n) is 13.0. The Labute approximate surface area is 223 Å². The molecule has 0 saturated carbocycles. The molecule has 2 amide bonds. The number of alkyl halides is 2. The minimum absolute atomic E-state index is 0.111. The summed E-state index contributed by atoms with van der Waals surface area (Å²) in [6, 6.07) is 13.8. The van der Waals surface area contributed by atoms with Crippen LogP contribution in [0.4, 0.5) is 24.1 Å². The Balaban J connectivity index is 1.46. The first-order valence-corrected chi connectivity index (χ1v) is 13.0. The van der Waals surface area contributed by atoms with Crippen molar-refractivity contribution < 1.29 is 27.8 Å². The molecule has 7 nitrogen and oxygen atoms in total. The van der Waals surface area contributed by atoms with Gasteiger partial charge in [-0.1, -0.05) is 42.5 Å². The summed E-state index contributed by atoms with van der Waals surface area (Å²) in [4.78, 5) is 29.7. The van der Waals surface area contributed by atoms with Crippen molar-refractivity contribution in [1.82, 2.24) is 9.80 Å². The number of carbonyl (C=O) groups is 2. The van der Waals surface area contributed by atoms with Gasteiger partial charge < -0.3 is 24.2 Å². The highest BCUT2D eigenvalue weighted by Gasteiger charge is 2.49. The highest BCUT2D eigenvalue weighted by Crippen LogP contribution is 2.39. The molecular weight excluding hydrogens is 492 g/mol. The molecule has 2 heterocycles. The van der Waals surface area contributed by atoms with E-state index in [4.69, 9.17) is 9.47 Å². The minimum Gasteiger partial charge on any atom is -0.445 e. The number of likely N-dealkylation sites (tertiary alicyclic amines) is 1. The summed E-state index contributed by atoms with van der Waals surface area (Å²) in [6.45, 7) is 7.19. The minimum atomic E-state index is -3.12. The van der Waals surface area contributed by atoms with Crippen LogP contribution in [0.1, 0.15) is 56.8 Å². The summed E-state index contributed by atoms with van der Waals surface area (Å²) in [7, 11) is 1.68. The van der Waals surface area contributed by atoms with E-state index >= 15 is 8.78 Å². The zero-order valence-corrected chi connectivity index (χ0v) is 22.7. The Morgan fingerprint density at radius 2 is 1.76 bits per heavy atom. The lowest BCUT2D eigenvalue weighted by molar-refractivity contribution is -0.0829. The lowest BCUT2D eigenvalue weighted by Gasteiger charge is -2.44. The van der Waals surface area contributed by atoms with Crippen molar-refractivity contribution in [1.29, 1.82) is 0 Å². The average molecular weight is 530 g/mol. The van der Waals surface area contributed by atoms with Gasteiger partial charge in [0.25, 0.3) is 5.92 Å². The maximum Gasteiger partial charge on any atom is 0.410 e. The van der Waals surface area contributed by atoms with Crippen molar-refractivity contribution >= 4 is 17.9 Å². The number of fused-ring (bicyclic) bond motifs is 1. The van der Waals surface area contributed by atoms with E-state index in [1.807, 2.05) is 55.5 Å². The summed E-state index contributed by atoms with van der Waals surface area (Å²) in [5.41, 5.74) is 2.77. The number of nitrogens with zero attached hydrogens (tertiary/aromatic N) is 3. The lowest BCUT2D eigenvalue weighted by Crippen LogP contribution is -2.59. The summed E-state index contributed by atoms with van der Waals surface area (Å²) >= 11 is 0. The Hall–Kier alpha value is -3.36. The van der Waals surface area contributed by atoms with Crippen LogP contribution in [-0.4, -0.2) is 66.2 Å². The summed E-state index contributed by atoms with van der Waals surface area (Å²) in [5, 5.41) is 0. The molecule has 2 aliphatic rings. The molecule has 2 aromatic rings. The number of ether oxygens (including phenoxy) is 2. The van der Waals surface area contributed by atoms with Crippen molar-refractivity contribution in [2.45, 2.75) is 70.8 Å². The molecule has 2 aliphatic heterocycles. The van der Waals surface area contributed by atoms with Crippen molar-refractivity contribution in [2.24, 2.45) is 0 Å². The van der Waals surface area contributed by atoms with Gasteiger partial charge in [0.05, 0.1) is 18.6 Å². The monoisotopic (exact) mass is 529 g/mol. The maximum absolute atomic E-state index is 15.4. The largest absolute Gasteiger partial charge is 0.445 e. The Morgan fingerprint density at radius 1 is 1.05 bits per heavy atom. The van der Waals surface area contributed by atoms with E-state index in [-0.39, 0.29) is 25.6 Å². The van der Waals surface area contributed by atoms with Crippen molar-refractivity contribution in [3.63, 3.8) is 0 Å². The normalized spacial score (nSPS) is 20.9. The molecule has 2 aromatic carbocycles. The van der Waals surface area contributed by atoms with E-state index in [2.05, 4.69) is 0 Å². The molecular formula is C29H37F2N3O4. The number of hydrogen-bond donors (Lipinski definition) is 0. The number of hydrogen-bond acceptors (Lipinski definition) is 5. The number of benzene rings is 2. The molecule has 2 atom stereocenters. The molecule has 0 radical (unpaired) electrons. The summed E-state index contributed by atoms with van der Waals surface area (Å²) in [6.07, 6.45) is -0.474. The number of carbonyl (C=O) groups excluding carboxylic acids is 2. The van der Waals surface area contributed by atoms with Crippen molar-refractivity contribution in [3.8, 4) is 0 Å². The lowest BCUT2D eigenvalue weighted by atomic mass is 9.90. The van der Waals surface area contributed by atoms with Crippen LogP contribution in [0.3, 0.4) is 0 Å². The zero-order chi connectivity index (χ0) is 27.7. The molecule has 0 aliphatic carbocycles. The average Bonchev–Trinajstić information content (AvgIpc) is 2.86. The number of rotatable bonds is 4. The number of halogens is 2. The molecule has 0 spiro atoms. The van der Waals surface area contributed by atoms with Gasteiger partial charge >= 0.3 is 12.2 Å². The molecule has 0 aromatic heterocycles. The molecule has 1 saturated heterocycles. The Morgan fingerprint density at radius 3 is 2.42 bits per heavy atom. The molecule has 1 fully saturated rings. The van der Waals surface area contributed by atoms with Crippen molar-refractivity contribution in [3.05, 3.63) is 65.2 Å². The second kappa shape index (κ2) is 10.8. The fourth-order valence-corrected chi connectivity index (χ4v) is 5.29. The quantitative estimate of drug-likeness (QED) is 0.485. The molecule has 4 rings (SSSR count). The second-order valence-electron chi connectivity index (χ2n) is 11.1. The van der Waals surface area contributed by atoms with Gasteiger partial charge in [-0.25, -0.2) is 18.4 Å². The van der Waals surface area contributed by atoms with E-state index < -0.39 is 36.3 Å². The van der Waals surface area contributed by atoms with Gasteiger partial charge in [0.2, 0.25) is 0 Å². The smallest absolute Gasteiger partial charge is 0.410 e. The highest BCUT2D eigenvalue weighted by atomic mass is 19.3. The zero-order valence-electron chi connectivity index (χ0n) is 22.7. The van der Waals surface area contributed by atoms with E-state index in [0.717, 1.165) is 27.3 Å². The molecule has 9 heteroatoms. The van der Waals surface area contributed by atoms with Crippen LogP contribution in [0.5, 0.6) is 0 Å². The first kappa shape index (κ1) is 27.7. The van der Waals surface area contributed by atoms with E-state index in [0.29, 0.717) is 13.0 Å². The van der Waals surface area contributed by atoms with Gasteiger partial charge in [0, 0.05) is 25.8 Å². The van der Waals surface area contributed by atoms with Gasteiger partial charge in [-0.2, -0.15) is 0 Å². The van der Waals surface area contributed by atoms with E-state index in [1.54, 1.807) is 37.6 Å². The van der Waals surface area contributed by atoms with Gasteiger partial charge in [0.1, 0.15) is 12.2 Å². The van der Waals surface area contributed by atoms with Crippen LogP contribution in [-0.2, 0) is 22.5 Å². The molecule has 38 heavy (non-hydrogen) atoms. The van der Waals surface area contributed by atoms with Crippen LogP contribution >= 0.6 is 0 Å². The van der Waals surface area contributed by atoms with E-state index in [9.17, 15) is 9.59 Å². The number of anilines is 1. The number of amides is 2. The van der Waals surface area contributed by atoms with Gasteiger partial charge in [-0.05, 0) is 63.3 Å². The predicted molar refractivity (Wildman–Crippen MR) is 141 cm³/mol. The van der Waals surface area contributed by atoms with Crippen molar-refractivity contribution in [2.75, 3.05) is 31.6 Å². The Bertz CT molecular complexity index is 1150. The fraction of sp³-hybridized carbons (Fsp3) is 0.517. The topological polar surface area (TPSA) is 62.3 Å². The third-order valence-electron chi connectivity index (χ3n) is 7.21. The Kier molecular flexibility index (Phi) is 7.85. The van der Waals surface area contributed by atoms with Crippen LogP contribution in [0, 0.1) is 0 Å². The van der Waals surface area contributed by atoms with Crippen LogP contribution in [0.15, 0.2) is 48.5 Å². The number of piperidine rings is 1. The molecule has 2 unspecified atom stereocenters. The standard InChI is InChI=1S/C29H37F2N3O4/c1-20-22-12-9-13-24(23(22)14-17-34(20)27(36)37-18-21-10-7-6-8-11-21)32(5)25-15-16-33(19-29(25,30)31)26(35)38-28(2,3)4/h6-13,20,25H,14-19H2,1-5H3. The van der Waals surface area contributed by atoms with Gasteiger partial charge in [-0.3, -0.25) is 0 Å². The third-order valence-corrected chi connectivity index (χ3v) is 7.21. The second-order valence-corrected chi connectivity index (χ2v) is 11.1. The van der Waals surface area contributed by atoms with Gasteiger partial charge in [-0.15, -0.1) is 0 Å².